The van der Waals surface area contributed by atoms with E-state index in [0.29, 0.717) is 24.3 Å². The molecule has 0 radical (unpaired) electrons. The maximum Gasteiger partial charge on any atom is 0.128 e. The molecule has 1 atom stereocenters. The van der Waals surface area contributed by atoms with Crippen LogP contribution in [0.4, 0.5) is 10.1 Å². The summed E-state index contributed by atoms with van der Waals surface area (Å²) in [6.07, 6.45) is 1.79. The van der Waals surface area contributed by atoms with E-state index >= 15 is 0 Å². The lowest BCUT2D eigenvalue weighted by Crippen LogP contribution is -2.26. The minimum absolute atomic E-state index is 0.123. The third-order valence-corrected chi connectivity index (χ3v) is 4.24. The molecule has 1 saturated heterocycles. The van der Waals surface area contributed by atoms with E-state index in [1.165, 1.54) is 12.5 Å². The van der Waals surface area contributed by atoms with Crippen molar-refractivity contribution in [1.82, 2.24) is 0 Å². The molecule has 0 bridgehead atoms. The van der Waals surface area contributed by atoms with Gasteiger partial charge >= 0.3 is 0 Å². The molecule has 0 spiro atoms. The molecule has 1 aromatic carbocycles. The van der Waals surface area contributed by atoms with Crippen LogP contribution in [-0.4, -0.2) is 19.6 Å². The van der Waals surface area contributed by atoms with Crippen LogP contribution in [0.1, 0.15) is 32.8 Å². The average molecular weight is 264 g/mol. The van der Waals surface area contributed by atoms with Crippen molar-refractivity contribution in [2.75, 3.05) is 24.5 Å². The second kappa shape index (κ2) is 5.49. The smallest absolute Gasteiger partial charge is 0.128 e. The van der Waals surface area contributed by atoms with Crippen LogP contribution in [0.15, 0.2) is 18.2 Å². The molecule has 1 unspecified atom stereocenters. The Bertz CT molecular complexity index is 437. The maximum absolute atomic E-state index is 13.9. The van der Waals surface area contributed by atoms with Gasteiger partial charge in [0.15, 0.2) is 0 Å². The van der Waals surface area contributed by atoms with Crippen molar-refractivity contribution in [3.63, 3.8) is 0 Å². The minimum atomic E-state index is -0.123. The van der Waals surface area contributed by atoms with Gasteiger partial charge in [-0.05, 0) is 42.9 Å². The average Bonchev–Trinajstić information content (AvgIpc) is 2.81. The molecule has 19 heavy (non-hydrogen) atoms. The van der Waals surface area contributed by atoms with Crippen molar-refractivity contribution in [2.45, 2.75) is 33.6 Å². The Morgan fingerprint density at radius 3 is 2.68 bits per heavy atom. The molecular weight excluding hydrogens is 239 g/mol. The molecule has 1 fully saturated rings. The zero-order chi connectivity index (χ0) is 14.0. The third-order valence-electron chi connectivity index (χ3n) is 4.24. The summed E-state index contributed by atoms with van der Waals surface area (Å²) in [5.41, 5.74) is 7.74. The largest absolute Gasteiger partial charge is 0.371 e. The molecule has 106 valence electrons. The highest BCUT2D eigenvalue weighted by Gasteiger charge is 2.32. The lowest BCUT2D eigenvalue weighted by molar-refractivity contribution is 0.263. The van der Waals surface area contributed by atoms with Crippen LogP contribution >= 0.6 is 0 Å². The van der Waals surface area contributed by atoms with Gasteiger partial charge in [0.1, 0.15) is 5.82 Å². The number of nitrogens with zero attached hydrogens (tertiary/aromatic N) is 1. The molecule has 0 aliphatic carbocycles. The summed E-state index contributed by atoms with van der Waals surface area (Å²) in [5, 5.41) is 0. The summed E-state index contributed by atoms with van der Waals surface area (Å²) in [6.45, 7) is 9.38. The Hall–Kier alpha value is -1.09. The second-order valence-corrected chi connectivity index (χ2v) is 6.57. The molecule has 2 nitrogen and oxygen atoms in total. The Kier molecular flexibility index (Phi) is 4.14. The van der Waals surface area contributed by atoms with Gasteiger partial charge in [-0.25, -0.2) is 4.39 Å². The first-order chi connectivity index (χ1) is 8.93. The van der Waals surface area contributed by atoms with Crippen molar-refractivity contribution < 1.29 is 4.39 Å². The van der Waals surface area contributed by atoms with E-state index in [4.69, 9.17) is 5.73 Å². The van der Waals surface area contributed by atoms with Crippen molar-refractivity contribution >= 4 is 5.69 Å². The van der Waals surface area contributed by atoms with Crippen LogP contribution in [0.5, 0.6) is 0 Å². The number of rotatable bonds is 3. The lowest BCUT2D eigenvalue weighted by Gasteiger charge is -2.28. The maximum atomic E-state index is 13.9. The zero-order valence-corrected chi connectivity index (χ0v) is 12.2. The standard InChI is InChI=1S/C16H25FN2/c1-16(2,3)12-8-10-19(11-12)15-6-4-5-14(17)13(15)7-9-18/h4-6,12H,7-11,18H2,1-3H3. The van der Waals surface area contributed by atoms with E-state index in [0.717, 1.165) is 24.3 Å². The number of benzene rings is 1. The summed E-state index contributed by atoms with van der Waals surface area (Å²) in [6, 6.07) is 5.36. The van der Waals surface area contributed by atoms with Crippen molar-refractivity contribution in [2.24, 2.45) is 17.1 Å². The van der Waals surface area contributed by atoms with Gasteiger partial charge in [0.05, 0.1) is 0 Å². The molecule has 2 N–H and O–H groups in total. The normalized spacial score (nSPS) is 20.1. The zero-order valence-electron chi connectivity index (χ0n) is 12.2. The number of anilines is 1. The van der Waals surface area contributed by atoms with Gasteiger partial charge in [-0.3, -0.25) is 0 Å². The molecule has 1 aliphatic rings. The fraction of sp³-hybridized carbons (Fsp3) is 0.625. The second-order valence-electron chi connectivity index (χ2n) is 6.57. The molecule has 0 amide bonds. The van der Waals surface area contributed by atoms with Gasteiger partial charge in [0.25, 0.3) is 0 Å². The van der Waals surface area contributed by atoms with Gasteiger partial charge in [0.2, 0.25) is 0 Å². The van der Waals surface area contributed by atoms with Crippen LogP contribution in [0, 0.1) is 17.2 Å². The molecular formula is C16H25FN2. The lowest BCUT2D eigenvalue weighted by atomic mass is 9.80. The SMILES string of the molecule is CC(C)(C)C1CCN(c2cccc(F)c2CCN)C1. The molecule has 2 rings (SSSR count). The van der Waals surface area contributed by atoms with Crippen LogP contribution in [0.2, 0.25) is 0 Å². The van der Waals surface area contributed by atoms with Crippen LogP contribution < -0.4 is 10.6 Å². The van der Waals surface area contributed by atoms with Gasteiger partial charge in [-0.1, -0.05) is 26.8 Å². The summed E-state index contributed by atoms with van der Waals surface area (Å²) < 4.78 is 13.9. The summed E-state index contributed by atoms with van der Waals surface area (Å²) >= 11 is 0. The van der Waals surface area contributed by atoms with E-state index in [1.54, 1.807) is 6.07 Å². The molecule has 3 heteroatoms. The fourth-order valence-electron chi connectivity index (χ4n) is 2.92. The first-order valence-electron chi connectivity index (χ1n) is 7.16. The molecule has 0 saturated carbocycles. The van der Waals surface area contributed by atoms with Crippen molar-refractivity contribution in [3.05, 3.63) is 29.6 Å². The Morgan fingerprint density at radius 2 is 2.11 bits per heavy atom. The first kappa shape index (κ1) is 14.3. The van der Waals surface area contributed by atoms with Crippen LogP contribution in [-0.2, 0) is 6.42 Å². The van der Waals surface area contributed by atoms with Gasteiger partial charge in [-0.15, -0.1) is 0 Å². The summed E-state index contributed by atoms with van der Waals surface area (Å²) in [4.78, 5) is 2.32. The Morgan fingerprint density at radius 1 is 1.37 bits per heavy atom. The van der Waals surface area contributed by atoms with E-state index in [2.05, 4.69) is 25.7 Å². The first-order valence-corrected chi connectivity index (χ1v) is 7.16. The predicted molar refractivity (Wildman–Crippen MR) is 78.9 cm³/mol. The highest BCUT2D eigenvalue weighted by atomic mass is 19.1. The minimum Gasteiger partial charge on any atom is -0.371 e. The quantitative estimate of drug-likeness (QED) is 0.908. The Labute approximate surface area is 115 Å². The van der Waals surface area contributed by atoms with Crippen molar-refractivity contribution in [1.29, 1.82) is 0 Å². The van der Waals surface area contributed by atoms with E-state index < -0.39 is 0 Å². The predicted octanol–water partition coefficient (Wildman–Crippen LogP) is 3.20. The molecule has 1 aromatic rings. The van der Waals surface area contributed by atoms with E-state index in [-0.39, 0.29) is 5.82 Å². The van der Waals surface area contributed by atoms with E-state index in [9.17, 15) is 4.39 Å². The third kappa shape index (κ3) is 3.08. The van der Waals surface area contributed by atoms with Crippen molar-refractivity contribution in [3.8, 4) is 0 Å². The molecule has 1 heterocycles. The van der Waals surface area contributed by atoms with E-state index in [1.807, 2.05) is 6.07 Å². The highest BCUT2D eigenvalue weighted by molar-refractivity contribution is 5.55. The van der Waals surface area contributed by atoms with Gasteiger partial charge in [0, 0.05) is 24.3 Å². The monoisotopic (exact) mass is 264 g/mol. The van der Waals surface area contributed by atoms with Crippen LogP contribution in [0.25, 0.3) is 0 Å². The number of hydrogen-bond donors (Lipinski definition) is 1. The number of nitrogens with two attached hydrogens (primary N) is 1. The Balaban J connectivity index is 2.22. The van der Waals surface area contributed by atoms with Crippen LogP contribution in [0.3, 0.4) is 0 Å². The summed E-state index contributed by atoms with van der Waals surface area (Å²) in [5.74, 6) is 0.545. The topological polar surface area (TPSA) is 29.3 Å². The molecule has 1 aliphatic heterocycles. The van der Waals surface area contributed by atoms with Gasteiger partial charge < -0.3 is 10.6 Å². The molecule has 0 aromatic heterocycles. The summed E-state index contributed by atoms with van der Waals surface area (Å²) in [7, 11) is 0. The number of hydrogen-bond acceptors (Lipinski definition) is 2. The number of halogens is 1. The van der Waals surface area contributed by atoms with Gasteiger partial charge in [-0.2, -0.15) is 0 Å². The fourth-order valence-corrected chi connectivity index (χ4v) is 2.92. The highest BCUT2D eigenvalue weighted by Crippen LogP contribution is 2.37.